The van der Waals surface area contributed by atoms with Crippen molar-refractivity contribution in [2.24, 2.45) is 5.10 Å². The van der Waals surface area contributed by atoms with Crippen molar-refractivity contribution < 1.29 is 18.4 Å². The van der Waals surface area contributed by atoms with Crippen LogP contribution in [-0.2, 0) is 24.2 Å². The number of nitrogens with zero attached hydrogens (tertiary/aromatic N) is 2. The maximum absolute atomic E-state index is 12.8. The summed E-state index contributed by atoms with van der Waals surface area (Å²) < 4.78 is 11.7. The summed E-state index contributed by atoms with van der Waals surface area (Å²) in [6.45, 7) is 6.26. The highest BCUT2D eigenvalue weighted by Gasteiger charge is 2.28. The van der Waals surface area contributed by atoms with Crippen LogP contribution in [0.3, 0.4) is 0 Å². The van der Waals surface area contributed by atoms with E-state index in [1.54, 1.807) is 18.7 Å². The van der Waals surface area contributed by atoms with E-state index in [9.17, 15) is 9.59 Å². The summed E-state index contributed by atoms with van der Waals surface area (Å²) in [5.41, 5.74) is 9.71. The Balaban J connectivity index is 1.30. The lowest BCUT2D eigenvalue weighted by atomic mass is 9.93. The summed E-state index contributed by atoms with van der Waals surface area (Å²) in [5, 5.41) is 8.25. The Morgan fingerprint density at radius 3 is 2.78 bits per heavy atom. The second kappa shape index (κ2) is 9.81. The summed E-state index contributed by atoms with van der Waals surface area (Å²) in [4.78, 5) is 29.6. The second-order valence-corrected chi connectivity index (χ2v) is 9.17. The van der Waals surface area contributed by atoms with Crippen molar-refractivity contribution in [1.82, 2.24) is 15.7 Å². The second-order valence-electron chi connectivity index (χ2n) is 9.17. The van der Waals surface area contributed by atoms with Gasteiger partial charge in [-0.05, 0) is 56.4 Å². The highest BCUT2D eigenvalue weighted by molar-refractivity contribution is 6.06. The van der Waals surface area contributed by atoms with Crippen LogP contribution in [0.15, 0.2) is 56.9 Å². The third-order valence-corrected chi connectivity index (χ3v) is 6.72. The number of carbonyl (C=O) groups excluding carboxylic acids is 2. The van der Waals surface area contributed by atoms with E-state index in [0.717, 1.165) is 68.7 Å². The molecule has 0 radical (unpaired) electrons. The Morgan fingerprint density at radius 2 is 1.97 bits per heavy atom. The molecule has 0 atom stereocenters. The quantitative estimate of drug-likeness (QED) is 0.386. The van der Waals surface area contributed by atoms with Crippen molar-refractivity contribution in [3.63, 3.8) is 0 Å². The molecule has 0 saturated heterocycles. The van der Waals surface area contributed by atoms with Crippen molar-refractivity contribution in [3.8, 4) is 0 Å². The summed E-state index contributed by atoms with van der Waals surface area (Å²) in [5.74, 6) is 0.489. The normalized spacial score (nSPS) is 14.1. The first kappa shape index (κ1) is 23.5. The molecule has 2 N–H and O–H groups in total. The van der Waals surface area contributed by atoms with Crippen molar-refractivity contribution >= 4 is 28.5 Å². The van der Waals surface area contributed by atoms with Gasteiger partial charge in [0.25, 0.3) is 5.91 Å². The molecule has 0 fully saturated rings. The Kier molecular flexibility index (Phi) is 6.41. The van der Waals surface area contributed by atoms with Crippen molar-refractivity contribution in [2.75, 3.05) is 0 Å². The summed E-state index contributed by atoms with van der Waals surface area (Å²) in [6, 6.07) is 7.74. The smallest absolute Gasteiger partial charge is 0.287 e. The number of nitrogens with one attached hydrogen (secondary N) is 2. The van der Waals surface area contributed by atoms with Gasteiger partial charge in [0.05, 0.1) is 18.4 Å². The molecule has 0 saturated carbocycles. The maximum Gasteiger partial charge on any atom is 0.287 e. The zero-order chi connectivity index (χ0) is 25.2. The van der Waals surface area contributed by atoms with Gasteiger partial charge in [0, 0.05) is 47.4 Å². The molecule has 3 aromatic heterocycles. The molecule has 4 aromatic rings. The number of hydrazone groups is 1. The number of furan rings is 2. The summed E-state index contributed by atoms with van der Waals surface area (Å²) in [7, 11) is 0. The van der Waals surface area contributed by atoms with Crippen LogP contribution >= 0.6 is 0 Å². The van der Waals surface area contributed by atoms with E-state index in [2.05, 4.69) is 20.8 Å². The Labute approximate surface area is 208 Å². The number of carbonyl (C=O) groups is 2. The number of fused-ring (bicyclic) bond motifs is 2. The third-order valence-electron chi connectivity index (χ3n) is 6.72. The van der Waals surface area contributed by atoms with Gasteiger partial charge >= 0.3 is 0 Å². The predicted molar refractivity (Wildman–Crippen MR) is 136 cm³/mol. The van der Waals surface area contributed by atoms with Crippen LogP contribution in [0.25, 0.3) is 11.0 Å². The van der Waals surface area contributed by atoms with Gasteiger partial charge in [0.15, 0.2) is 5.76 Å². The van der Waals surface area contributed by atoms with Crippen LogP contribution in [-0.4, -0.2) is 22.5 Å². The van der Waals surface area contributed by atoms with E-state index in [0.29, 0.717) is 13.0 Å². The molecule has 8 heteroatoms. The van der Waals surface area contributed by atoms with E-state index < -0.39 is 0 Å². The molecule has 3 heterocycles. The molecule has 0 bridgehead atoms. The molecule has 1 aliphatic rings. The van der Waals surface area contributed by atoms with Gasteiger partial charge in [-0.1, -0.05) is 18.2 Å². The zero-order valence-electron chi connectivity index (χ0n) is 20.6. The Morgan fingerprint density at radius 1 is 1.11 bits per heavy atom. The minimum Gasteiger partial charge on any atom is -0.464 e. The van der Waals surface area contributed by atoms with E-state index in [1.165, 1.54) is 0 Å². The first-order chi connectivity index (χ1) is 17.4. The molecule has 2 amide bonds. The van der Waals surface area contributed by atoms with Crippen LogP contribution in [0.1, 0.15) is 62.5 Å². The number of hydrogen-bond donors (Lipinski definition) is 2. The fourth-order valence-electron chi connectivity index (χ4n) is 4.63. The number of aryl methyl sites for hydroxylation is 3. The number of hydrogen-bond acceptors (Lipinski definition) is 6. The molecular weight excluding hydrogens is 456 g/mol. The molecule has 0 unspecified atom stereocenters. The Bertz CT molecular complexity index is 1480. The number of aromatic nitrogens is 1. The van der Waals surface area contributed by atoms with Crippen LogP contribution < -0.4 is 10.7 Å². The molecule has 1 aliphatic carbocycles. The lowest BCUT2D eigenvalue weighted by Crippen LogP contribution is -2.24. The molecule has 1 aromatic carbocycles. The largest absolute Gasteiger partial charge is 0.464 e. The van der Waals surface area contributed by atoms with Gasteiger partial charge in [0.2, 0.25) is 5.91 Å². The van der Waals surface area contributed by atoms with E-state index >= 15 is 0 Å². The molecule has 36 heavy (non-hydrogen) atoms. The van der Waals surface area contributed by atoms with Gasteiger partial charge in [-0.25, -0.2) is 5.43 Å². The average molecular weight is 485 g/mol. The SMILES string of the molecule is Cc1ccc2c(CC(=O)N/N=C3\CCCc4oc(C(=O)NCc5cccnc5)c(C)c43)coc2c1C. The van der Waals surface area contributed by atoms with Gasteiger partial charge < -0.3 is 14.2 Å². The minimum absolute atomic E-state index is 0.158. The van der Waals surface area contributed by atoms with Crippen molar-refractivity contribution in [3.05, 3.63) is 87.8 Å². The van der Waals surface area contributed by atoms with Gasteiger partial charge in [0.1, 0.15) is 11.3 Å². The maximum atomic E-state index is 12.8. The number of amides is 2. The lowest BCUT2D eigenvalue weighted by Gasteiger charge is -2.13. The number of pyridine rings is 1. The first-order valence-electron chi connectivity index (χ1n) is 12.0. The highest BCUT2D eigenvalue weighted by Crippen LogP contribution is 2.30. The first-order valence-corrected chi connectivity index (χ1v) is 12.0. The van der Waals surface area contributed by atoms with Crippen molar-refractivity contribution in [2.45, 2.75) is 53.0 Å². The monoisotopic (exact) mass is 484 g/mol. The van der Waals surface area contributed by atoms with Crippen LogP contribution in [0, 0.1) is 20.8 Å². The molecule has 0 aliphatic heterocycles. The fraction of sp³-hybridized carbons (Fsp3) is 0.286. The molecule has 184 valence electrons. The van der Waals surface area contributed by atoms with E-state index in [4.69, 9.17) is 8.83 Å². The van der Waals surface area contributed by atoms with Crippen LogP contribution in [0.4, 0.5) is 0 Å². The van der Waals surface area contributed by atoms with Crippen molar-refractivity contribution in [1.29, 1.82) is 0 Å². The number of benzene rings is 1. The molecule has 0 spiro atoms. The minimum atomic E-state index is -0.286. The summed E-state index contributed by atoms with van der Waals surface area (Å²) >= 11 is 0. The van der Waals surface area contributed by atoms with Crippen LogP contribution in [0.2, 0.25) is 0 Å². The standard InChI is InChI=1S/C28H28N4O4/c1-16-9-10-21-20(15-35-26(21)17(16)2)12-24(33)32-31-22-7-4-8-23-25(22)18(3)27(36-23)28(34)30-14-19-6-5-11-29-13-19/h5-6,9-11,13,15H,4,7-8,12,14H2,1-3H3,(H,30,34)(H,32,33)/b31-22+. The van der Waals surface area contributed by atoms with E-state index in [1.807, 2.05) is 45.0 Å². The molecule has 8 nitrogen and oxygen atoms in total. The van der Waals surface area contributed by atoms with Gasteiger partial charge in [-0.2, -0.15) is 5.10 Å². The predicted octanol–water partition coefficient (Wildman–Crippen LogP) is 4.68. The summed E-state index contributed by atoms with van der Waals surface area (Å²) in [6.07, 6.45) is 7.44. The lowest BCUT2D eigenvalue weighted by molar-refractivity contribution is -0.120. The topological polar surface area (TPSA) is 110 Å². The highest BCUT2D eigenvalue weighted by atomic mass is 16.4. The number of rotatable bonds is 6. The fourth-order valence-corrected chi connectivity index (χ4v) is 4.63. The third kappa shape index (κ3) is 4.54. The average Bonchev–Trinajstić information content (AvgIpc) is 3.45. The molecule has 5 rings (SSSR count). The van der Waals surface area contributed by atoms with E-state index in [-0.39, 0.29) is 24.0 Å². The van der Waals surface area contributed by atoms with Gasteiger partial charge in [-0.15, -0.1) is 0 Å². The van der Waals surface area contributed by atoms with Crippen LogP contribution in [0.5, 0.6) is 0 Å². The molecular formula is C28H28N4O4. The van der Waals surface area contributed by atoms with Gasteiger partial charge in [-0.3, -0.25) is 14.6 Å². The zero-order valence-corrected chi connectivity index (χ0v) is 20.6. The Hall–Kier alpha value is -4.20.